The van der Waals surface area contributed by atoms with Gasteiger partial charge in [0.2, 0.25) is 0 Å². The highest BCUT2D eigenvalue weighted by molar-refractivity contribution is 5.92. The molecular formula is C19H26N2O4. The van der Waals surface area contributed by atoms with Crippen molar-refractivity contribution in [2.75, 3.05) is 0 Å². The summed E-state index contributed by atoms with van der Waals surface area (Å²) in [6.07, 6.45) is 10.5. The number of benzene rings is 1. The molecule has 0 saturated heterocycles. The van der Waals surface area contributed by atoms with Crippen LogP contribution >= 0.6 is 0 Å². The molecule has 6 nitrogen and oxygen atoms in total. The van der Waals surface area contributed by atoms with Crippen molar-refractivity contribution in [1.82, 2.24) is 0 Å². The third-order valence-electron chi connectivity index (χ3n) is 4.67. The molecule has 0 unspecified atom stereocenters. The normalized spacial score (nSPS) is 18.4. The third kappa shape index (κ3) is 5.96. The van der Waals surface area contributed by atoms with Crippen LogP contribution in [0.25, 0.3) is 0 Å². The summed E-state index contributed by atoms with van der Waals surface area (Å²) in [4.78, 5) is 27.2. The van der Waals surface area contributed by atoms with Crippen LogP contribution in [-0.2, 0) is 4.84 Å². The lowest BCUT2D eigenvalue weighted by atomic mass is 9.98. The Balaban J connectivity index is 1.84. The van der Waals surface area contributed by atoms with E-state index in [0.29, 0.717) is 5.92 Å². The minimum absolute atomic E-state index is 0.0539. The molecule has 0 radical (unpaired) electrons. The van der Waals surface area contributed by atoms with E-state index in [0.717, 1.165) is 31.4 Å². The van der Waals surface area contributed by atoms with E-state index in [4.69, 9.17) is 4.84 Å². The van der Waals surface area contributed by atoms with E-state index in [1.54, 1.807) is 0 Å². The van der Waals surface area contributed by atoms with E-state index in [1.807, 2.05) is 0 Å². The highest BCUT2D eigenvalue weighted by atomic mass is 16.7. The Hall–Kier alpha value is -2.24. The number of oxime groups is 1. The summed E-state index contributed by atoms with van der Waals surface area (Å²) in [6.45, 7) is 2.21. The molecule has 0 aromatic heterocycles. The lowest BCUT2D eigenvalue weighted by molar-refractivity contribution is -0.384. The van der Waals surface area contributed by atoms with Crippen LogP contribution in [0.3, 0.4) is 0 Å². The fourth-order valence-corrected chi connectivity index (χ4v) is 3.20. The summed E-state index contributed by atoms with van der Waals surface area (Å²) in [7, 11) is 0. The third-order valence-corrected chi connectivity index (χ3v) is 4.67. The Labute approximate surface area is 148 Å². The average molecular weight is 346 g/mol. The molecule has 0 N–H and O–H groups in total. The molecule has 1 aromatic rings. The van der Waals surface area contributed by atoms with Crippen molar-refractivity contribution in [3.05, 3.63) is 39.9 Å². The summed E-state index contributed by atoms with van der Waals surface area (Å²) in [5.41, 5.74) is 1.19. The Kier molecular flexibility index (Phi) is 7.57. The zero-order valence-corrected chi connectivity index (χ0v) is 14.8. The molecule has 0 bridgehead atoms. The molecule has 25 heavy (non-hydrogen) atoms. The maximum atomic E-state index is 12.0. The van der Waals surface area contributed by atoms with Crippen LogP contribution < -0.4 is 0 Å². The van der Waals surface area contributed by atoms with Gasteiger partial charge in [0.05, 0.1) is 16.2 Å². The van der Waals surface area contributed by atoms with Crippen molar-refractivity contribution < 1.29 is 14.6 Å². The molecule has 0 spiro atoms. The van der Waals surface area contributed by atoms with Crippen molar-refractivity contribution in [3.8, 4) is 0 Å². The highest BCUT2D eigenvalue weighted by Crippen LogP contribution is 2.28. The SMILES string of the molecule is CCCCCCC[C@H]1CCC/C1=N\OC(=O)c1ccc([N+](=O)[O-])cc1. The van der Waals surface area contributed by atoms with Gasteiger partial charge in [-0.2, -0.15) is 0 Å². The van der Waals surface area contributed by atoms with Gasteiger partial charge in [-0.25, -0.2) is 4.79 Å². The number of hydrogen-bond donors (Lipinski definition) is 0. The van der Waals surface area contributed by atoms with Crippen LogP contribution in [0, 0.1) is 16.0 Å². The molecule has 0 amide bonds. The summed E-state index contributed by atoms with van der Waals surface area (Å²) in [5.74, 6) is -0.151. The number of unbranched alkanes of at least 4 members (excludes halogenated alkanes) is 4. The Bertz CT molecular complexity index is 610. The second-order valence-electron chi connectivity index (χ2n) is 6.56. The first-order valence-corrected chi connectivity index (χ1v) is 9.14. The molecule has 136 valence electrons. The number of carbonyl (C=O) groups excluding carboxylic acids is 1. The molecule has 1 aromatic carbocycles. The van der Waals surface area contributed by atoms with E-state index in [9.17, 15) is 14.9 Å². The molecule has 1 aliphatic carbocycles. The van der Waals surface area contributed by atoms with Crippen molar-refractivity contribution in [3.63, 3.8) is 0 Å². The van der Waals surface area contributed by atoms with E-state index < -0.39 is 10.9 Å². The summed E-state index contributed by atoms with van der Waals surface area (Å²) in [5, 5.41) is 14.7. The van der Waals surface area contributed by atoms with Crippen LogP contribution in [0.5, 0.6) is 0 Å². The van der Waals surface area contributed by atoms with Gasteiger partial charge < -0.3 is 4.84 Å². The first-order chi connectivity index (χ1) is 12.1. The second-order valence-corrected chi connectivity index (χ2v) is 6.56. The van der Waals surface area contributed by atoms with Gasteiger partial charge in [-0.05, 0) is 37.8 Å². The summed E-state index contributed by atoms with van der Waals surface area (Å²) >= 11 is 0. The monoisotopic (exact) mass is 346 g/mol. The molecule has 1 aliphatic rings. The second kappa shape index (κ2) is 9.91. The Morgan fingerprint density at radius 1 is 1.24 bits per heavy atom. The average Bonchev–Trinajstić information content (AvgIpc) is 3.07. The number of hydrogen-bond acceptors (Lipinski definition) is 5. The number of nitro groups is 1. The maximum absolute atomic E-state index is 12.0. The maximum Gasteiger partial charge on any atom is 0.365 e. The van der Waals surface area contributed by atoms with E-state index in [-0.39, 0.29) is 11.3 Å². The molecular weight excluding hydrogens is 320 g/mol. The summed E-state index contributed by atoms with van der Waals surface area (Å²) < 4.78 is 0. The Morgan fingerprint density at radius 3 is 2.64 bits per heavy atom. The van der Waals surface area contributed by atoms with E-state index >= 15 is 0 Å². The molecule has 6 heteroatoms. The van der Waals surface area contributed by atoms with Crippen molar-refractivity contribution in [2.24, 2.45) is 11.1 Å². The molecule has 1 fully saturated rings. The van der Waals surface area contributed by atoms with Crippen molar-refractivity contribution in [2.45, 2.75) is 64.7 Å². The first kappa shape index (κ1) is 19.1. The number of non-ortho nitro benzene ring substituents is 1. The molecule has 1 atom stereocenters. The number of rotatable bonds is 9. The van der Waals surface area contributed by atoms with Crippen LogP contribution in [0.15, 0.2) is 29.4 Å². The standard InChI is InChI=1S/C19H26N2O4/c1-2-3-4-5-6-8-15-9-7-10-18(15)20-25-19(22)16-11-13-17(14-12-16)21(23)24/h11-15H,2-10H2,1H3/b20-18+/t15-/m0/s1. The fourth-order valence-electron chi connectivity index (χ4n) is 3.20. The highest BCUT2D eigenvalue weighted by Gasteiger charge is 2.23. The van der Waals surface area contributed by atoms with Gasteiger partial charge in [0.25, 0.3) is 5.69 Å². The predicted molar refractivity (Wildman–Crippen MR) is 96.7 cm³/mol. The van der Waals surface area contributed by atoms with Crippen LogP contribution in [0.4, 0.5) is 5.69 Å². The van der Waals surface area contributed by atoms with E-state index in [1.165, 1.54) is 56.4 Å². The van der Waals surface area contributed by atoms with Gasteiger partial charge in [0, 0.05) is 18.1 Å². The number of carbonyl (C=O) groups is 1. The molecule has 0 aliphatic heterocycles. The van der Waals surface area contributed by atoms with Gasteiger partial charge in [-0.15, -0.1) is 0 Å². The Morgan fingerprint density at radius 2 is 1.96 bits per heavy atom. The van der Waals surface area contributed by atoms with Crippen molar-refractivity contribution in [1.29, 1.82) is 0 Å². The zero-order valence-electron chi connectivity index (χ0n) is 14.8. The topological polar surface area (TPSA) is 81.8 Å². The van der Waals surface area contributed by atoms with Gasteiger partial charge in [-0.3, -0.25) is 10.1 Å². The minimum Gasteiger partial charge on any atom is -0.313 e. The van der Waals surface area contributed by atoms with Gasteiger partial charge in [0.1, 0.15) is 0 Å². The van der Waals surface area contributed by atoms with Gasteiger partial charge >= 0.3 is 5.97 Å². The lowest BCUT2D eigenvalue weighted by Crippen LogP contribution is -2.10. The zero-order chi connectivity index (χ0) is 18.1. The largest absolute Gasteiger partial charge is 0.365 e. The lowest BCUT2D eigenvalue weighted by Gasteiger charge is -2.10. The first-order valence-electron chi connectivity index (χ1n) is 9.14. The quantitative estimate of drug-likeness (QED) is 0.264. The molecule has 1 saturated carbocycles. The van der Waals surface area contributed by atoms with Crippen molar-refractivity contribution >= 4 is 17.4 Å². The predicted octanol–water partition coefficient (Wildman–Crippen LogP) is 5.27. The minimum atomic E-state index is -0.573. The summed E-state index contributed by atoms with van der Waals surface area (Å²) in [6, 6.07) is 5.36. The smallest absolute Gasteiger partial charge is 0.313 e. The van der Waals surface area contributed by atoms with Crippen LogP contribution in [0.1, 0.15) is 75.1 Å². The van der Waals surface area contributed by atoms with E-state index in [2.05, 4.69) is 12.1 Å². The fraction of sp³-hybridized carbons (Fsp3) is 0.579. The molecule has 2 rings (SSSR count). The number of nitrogens with zero attached hydrogens (tertiary/aromatic N) is 2. The molecule has 0 heterocycles. The van der Waals surface area contributed by atoms with Gasteiger partial charge in [-0.1, -0.05) is 44.2 Å². The van der Waals surface area contributed by atoms with Crippen LogP contribution in [0.2, 0.25) is 0 Å². The van der Waals surface area contributed by atoms with Gasteiger partial charge in [0.15, 0.2) is 0 Å². The number of nitro benzene ring substituents is 1. The van der Waals surface area contributed by atoms with Crippen LogP contribution in [-0.4, -0.2) is 16.6 Å².